The fraction of sp³-hybridized carbons (Fsp3) is 0.412. The summed E-state index contributed by atoms with van der Waals surface area (Å²) in [5.41, 5.74) is 2.88. The molecule has 2 N–H and O–H groups in total. The molecule has 4 amide bonds. The number of halogens is 2. The van der Waals surface area contributed by atoms with E-state index in [1.165, 1.54) is 0 Å². The van der Waals surface area contributed by atoms with Gasteiger partial charge in [-0.05, 0) is 38.0 Å². The first-order valence-corrected chi connectivity index (χ1v) is 8.86. The van der Waals surface area contributed by atoms with Gasteiger partial charge >= 0.3 is 6.03 Å². The molecule has 7 nitrogen and oxygen atoms in total. The average molecular weight is 399 g/mol. The van der Waals surface area contributed by atoms with Crippen LogP contribution < -0.4 is 10.7 Å². The lowest BCUT2D eigenvalue weighted by molar-refractivity contribution is -0.130. The predicted molar refractivity (Wildman–Crippen MR) is 100 cm³/mol. The summed E-state index contributed by atoms with van der Waals surface area (Å²) in [6.45, 7) is 5.11. The quantitative estimate of drug-likeness (QED) is 0.438. The van der Waals surface area contributed by atoms with Gasteiger partial charge in [-0.3, -0.25) is 14.5 Å². The van der Waals surface area contributed by atoms with Crippen molar-refractivity contribution < 1.29 is 14.4 Å². The number of imide groups is 1. The van der Waals surface area contributed by atoms with E-state index in [2.05, 4.69) is 15.8 Å². The van der Waals surface area contributed by atoms with E-state index in [9.17, 15) is 14.4 Å². The molecule has 1 aliphatic rings. The second-order valence-electron chi connectivity index (χ2n) is 6.34. The van der Waals surface area contributed by atoms with Crippen LogP contribution in [0.4, 0.5) is 4.79 Å². The zero-order chi connectivity index (χ0) is 19.5. The number of hydrogen-bond acceptors (Lipinski definition) is 4. The van der Waals surface area contributed by atoms with Crippen LogP contribution in [0.1, 0.15) is 39.2 Å². The van der Waals surface area contributed by atoms with E-state index in [1.54, 1.807) is 32.0 Å². The Morgan fingerprint density at radius 1 is 1.27 bits per heavy atom. The molecule has 9 heteroatoms. The van der Waals surface area contributed by atoms with Crippen LogP contribution in [0.15, 0.2) is 23.3 Å². The highest BCUT2D eigenvalue weighted by Crippen LogP contribution is 2.23. The Hall–Kier alpha value is -2.12. The Bertz CT molecular complexity index is 777. The number of carbonyl (C=O) groups excluding carboxylic acids is 3. The molecule has 1 aliphatic heterocycles. The van der Waals surface area contributed by atoms with Gasteiger partial charge in [0.05, 0.1) is 15.8 Å². The van der Waals surface area contributed by atoms with Gasteiger partial charge < -0.3 is 5.32 Å². The smallest absolute Gasteiger partial charge is 0.324 e. The Morgan fingerprint density at radius 2 is 1.96 bits per heavy atom. The monoisotopic (exact) mass is 398 g/mol. The fourth-order valence-electron chi connectivity index (χ4n) is 2.44. The summed E-state index contributed by atoms with van der Waals surface area (Å²) in [6.07, 6.45) is 0.524. The molecule has 0 bridgehead atoms. The second kappa shape index (κ2) is 8.05. The standard InChI is InChI=1S/C17H20Cl2N4O3/c1-4-13(10-5-6-11(18)12(19)9-10)21-22-14(24)7-8-23-15(25)17(2,3)20-16(23)26/h5-6,9H,4,7-8H2,1-3H3,(H,20,26)(H,22,24)/b21-13-. The van der Waals surface area contributed by atoms with Crippen LogP contribution in [0.5, 0.6) is 0 Å². The molecule has 26 heavy (non-hydrogen) atoms. The first-order chi connectivity index (χ1) is 12.2. The third-order valence-electron chi connectivity index (χ3n) is 3.91. The summed E-state index contributed by atoms with van der Waals surface area (Å²) >= 11 is 11.9. The molecule has 0 aromatic heterocycles. The summed E-state index contributed by atoms with van der Waals surface area (Å²) in [7, 11) is 0. The van der Waals surface area contributed by atoms with E-state index in [-0.39, 0.29) is 18.9 Å². The normalized spacial score (nSPS) is 16.7. The van der Waals surface area contributed by atoms with Crippen molar-refractivity contribution in [3.05, 3.63) is 33.8 Å². The minimum absolute atomic E-state index is 0.0102. The van der Waals surface area contributed by atoms with Crippen molar-refractivity contribution in [2.75, 3.05) is 6.54 Å². The minimum atomic E-state index is -0.949. The van der Waals surface area contributed by atoms with E-state index in [0.29, 0.717) is 22.2 Å². The zero-order valence-corrected chi connectivity index (χ0v) is 16.2. The lowest BCUT2D eigenvalue weighted by Gasteiger charge is -2.15. The van der Waals surface area contributed by atoms with Gasteiger partial charge in [0, 0.05) is 13.0 Å². The highest BCUT2D eigenvalue weighted by Gasteiger charge is 2.43. The lowest BCUT2D eigenvalue weighted by atomic mass is 10.1. The highest BCUT2D eigenvalue weighted by atomic mass is 35.5. The summed E-state index contributed by atoms with van der Waals surface area (Å²) in [5, 5.41) is 7.51. The maximum Gasteiger partial charge on any atom is 0.325 e. The first kappa shape index (κ1) is 20.2. The van der Waals surface area contributed by atoms with E-state index >= 15 is 0 Å². The molecule has 0 atom stereocenters. The van der Waals surface area contributed by atoms with Crippen molar-refractivity contribution in [3.63, 3.8) is 0 Å². The fourth-order valence-corrected chi connectivity index (χ4v) is 2.74. The molecule has 140 valence electrons. The maximum atomic E-state index is 12.1. The number of amides is 4. The van der Waals surface area contributed by atoms with E-state index in [1.807, 2.05) is 6.92 Å². The van der Waals surface area contributed by atoms with Crippen molar-refractivity contribution in [2.45, 2.75) is 39.2 Å². The number of carbonyl (C=O) groups is 3. The van der Waals surface area contributed by atoms with E-state index in [4.69, 9.17) is 23.2 Å². The summed E-state index contributed by atoms with van der Waals surface area (Å²) < 4.78 is 0. The number of benzene rings is 1. The number of hydrogen-bond donors (Lipinski definition) is 2. The SMILES string of the molecule is CC/C(=N/NC(=O)CCN1C(=O)NC(C)(C)C1=O)c1ccc(Cl)c(Cl)c1. The average Bonchev–Trinajstić information content (AvgIpc) is 2.77. The van der Waals surface area contributed by atoms with Gasteiger partial charge in [0.1, 0.15) is 5.54 Å². The summed E-state index contributed by atoms with van der Waals surface area (Å²) in [6, 6.07) is 4.60. The van der Waals surface area contributed by atoms with Gasteiger partial charge in [-0.15, -0.1) is 0 Å². The Morgan fingerprint density at radius 3 is 2.50 bits per heavy atom. The van der Waals surface area contributed by atoms with Gasteiger partial charge in [-0.1, -0.05) is 36.2 Å². The molecular weight excluding hydrogens is 379 g/mol. The first-order valence-electron chi connectivity index (χ1n) is 8.10. The molecule has 2 rings (SSSR count). The molecule has 1 fully saturated rings. The molecule has 0 radical (unpaired) electrons. The third-order valence-corrected chi connectivity index (χ3v) is 4.65. The minimum Gasteiger partial charge on any atom is -0.324 e. The highest BCUT2D eigenvalue weighted by molar-refractivity contribution is 6.42. The van der Waals surface area contributed by atoms with Crippen LogP contribution >= 0.6 is 23.2 Å². The number of urea groups is 1. The topological polar surface area (TPSA) is 90.9 Å². The maximum absolute atomic E-state index is 12.1. The number of nitrogens with zero attached hydrogens (tertiary/aromatic N) is 2. The lowest BCUT2D eigenvalue weighted by Crippen LogP contribution is -2.40. The van der Waals surface area contributed by atoms with Crippen molar-refractivity contribution in [2.24, 2.45) is 5.10 Å². The second-order valence-corrected chi connectivity index (χ2v) is 7.15. The van der Waals surface area contributed by atoms with Crippen LogP contribution in [-0.4, -0.2) is 40.5 Å². The van der Waals surface area contributed by atoms with Crippen molar-refractivity contribution in [1.82, 2.24) is 15.6 Å². The van der Waals surface area contributed by atoms with E-state index in [0.717, 1.165) is 10.5 Å². The predicted octanol–water partition coefficient (Wildman–Crippen LogP) is 2.94. The Labute approximate surface area is 161 Å². The van der Waals surface area contributed by atoms with Gasteiger partial charge in [-0.2, -0.15) is 5.10 Å². The van der Waals surface area contributed by atoms with Gasteiger partial charge in [0.2, 0.25) is 5.91 Å². The van der Waals surface area contributed by atoms with Crippen molar-refractivity contribution >= 4 is 46.8 Å². The van der Waals surface area contributed by atoms with E-state index < -0.39 is 17.5 Å². The molecular formula is C17H20Cl2N4O3. The third kappa shape index (κ3) is 4.53. The van der Waals surface area contributed by atoms with Crippen LogP contribution in [0.3, 0.4) is 0 Å². The Balaban J connectivity index is 1.96. The molecule has 1 aromatic carbocycles. The molecule has 0 unspecified atom stereocenters. The number of rotatable bonds is 6. The molecule has 1 saturated heterocycles. The van der Waals surface area contributed by atoms with Crippen molar-refractivity contribution in [1.29, 1.82) is 0 Å². The molecule has 0 aliphatic carbocycles. The van der Waals surface area contributed by atoms with Gasteiger partial charge in [0.15, 0.2) is 0 Å². The van der Waals surface area contributed by atoms with Crippen LogP contribution in [-0.2, 0) is 9.59 Å². The largest absolute Gasteiger partial charge is 0.325 e. The molecule has 1 heterocycles. The molecule has 1 aromatic rings. The summed E-state index contributed by atoms with van der Waals surface area (Å²) in [4.78, 5) is 36.9. The van der Waals surface area contributed by atoms with Crippen molar-refractivity contribution in [3.8, 4) is 0 Å². The number of nitrogens with one attached hydrogen (secondary N) is 2. The van der Waals surface area contributed by atoms with Crippen LogP contribution in [0.2, 0.25) is 10.0 Å². The van der Waals surface area contributed by atoms with Gasteiger partial charge in [0.25, 0.3) is 5.91 Å². The molecule has 0 spiro atoms. The number of hydrazone groups is 1. The Kier molecular flexibility index (Phi) is 6.26. The zero-order valence-electron chi connectivity index (χ0n) is 14.7. The van der Waals surface area contributed by atoms with Crippen LogP contribution in [0, 0.1) is 0 Å². The summed E-state index contributed by atoms with van der Waals surface area (Å²) in [5.74, 6) is -0.759. The van der Waals surface area contributed by atoms with Crippen LogP contribution in [0.25, 0.3) is 0 Å². The van der Waals surface area contributed by atoms with Gasteiger partial charge in [-0.25, -0.2) is 10.2 Å². The molecule has 0 saturated carbocycles.